The Morgan fingerprint density at radius 3 is 2.18 bits per heavy atom. The normalized spacial score (nSPS) is 60.3. The molecule has 1 nitrogen and oxygen atoms in total. The van der Waals surface area contributed by atoms with E-state index in [1.54, 1.807) is 0 Å². The summed E-state index contributed by atoms with van der Waals surface area (Å²) in [5.41, 5.74) is -0.262. The molecule has 0 heterocycles. The summed E-state index contributed by atoms with van der Waals surface area (Å²) in [5, 5.41) is 10.1. The van der Waals surface area contributed by atoms with E-state index in [0.29, 0.717) is 11.8 Å². The lowest BCUT2D eigenvalue weighted by Crippen LogP contribution is -2.50. The lowest BCUT2D eigenvalue weighted by atomic mass is 9.54. The van der Waals surface area contributed by atoms with E-state index < -0.39 is 0 Å². The summed E-state index contributed by atoms with van der Waals surface area (Å²) in [5.74, 6) is 2.12. The van der Waals surface area contributed by atoms with Gasteiger partial charge in [0.05, 0.1) is 5.60 Å². The van der Waals surface area contributed by atoms with Crippen molar-refractivity contribution in [2.75, 3.05) is 0 Å². The third kappa shape index (κ3) is 0.868. The highest BCUT2D eigenvalue weighted by Crippen LogP contribution is 2.54. The van der Waals surface area contributed by atoms with Gasteiger partial charge in [0.2, 0.25) is 0 Å². The topological polar surface area (TPSA) is 20.2 Å². The third-order valence-corrected chi connectivity index (χ3v) is 3.63. The van der Waals surface area contributed by atoms with Crippen LogP contribution in [0.4, 0.5) is 0 Å². The second-order valence-corrected chi connectivity index (χ2v) is 4.73. The number of hydrogen-bond donors (Lipinski definition) is 1. The largest absolute Gasteiger partial charge is 0.390 e. The molecule has 0 spiro atoms. The first kappa shape index (κ1) is 6.47. The van der Waals surface area contributed by atoms with Gasteiger partial charge in [-0.05, 0) is 56.3 Å². The second-order valence-electron chi connectivity index (χ2n) is 4.73. The van der Waals surface area contributed by atoms with Gasteiger partial charge in [-0.3, -0.25) is 0 Å². The molecule has 0 aliphatic heterocycles. The van der Waals surface area contributed by atoms with Crippen molar-refractivity contribution in [3.05, 3.63) is 6.42 Å². The van der Waals surface area contributed by atoms with Crippen molar-refractivity contribution in [2.45, 2.75) is 37.7 Å². The summed E-state index contributed by atoms with van der Waals surface area (Å²) in [6, 6.07) is 0. The average Bonchev–Trinajstić information content (AvgIpc) is 1.79. The molecule has 0 saturated heterocycles. The maximum Gasteiger partial charge on any atom is 0.0656 e. The molecule has 60 valence electrons. The van der Waals surface area contributed by atoms with Crippen molar-refractivity contribution in [3.63, 3.8) is 0 Å². The fourth-order valence-electron chi connectivity index (χ4n) is 3.53. The van der Waals surface area contributed by atoms with Gasteiger partial charge in [-0.2, -0.15) is 0 Å². The zero-order valence-corrected chi connectivity index (χ0v) is 6.71. The summed E-state index contributed by atoms with van der Waals surface area (Å²) in [6.07, 6.45) is 9.33. The Morgan fingerprint density at radius 2 is 1.73 bits per heavy atom. The molecule has 0 aromatic heterocycles. The van der Waals surface area contributed by atoms with Crippen LogP contribution < -0.4 is 0 Å². The van der Waals surface area contributed by atoms with Crippen LogP contribution in [0.5, 0.6) is 0 Å². The van der Waals surface area contributed by atoms with Crippen LogP contribution >= 0.6 is 0 Å². The highest BCUT2D eigenvalue weighted by molar-refractivity contribution is 5.08. The van der Waals surface area contributed by atoms with E-state index in [-0.39, 0.29) is 5.60 Å². The Labute approximate surface area is 67.8 Å². The zero-order chi connectivity index (χ0) is 7.47. The lowest BCUT2D eigenvalue weighted by Gasteiger charge is -2.53. The van der Waals surface area contributed by atoms with E-state index in [0.717, 1.165) is 25.2 Å². The molecular formula is C10H14O. The van der Waals surface area contributed by atoms with E-state index in [2.05, 4.69) is 6.42 Å². The maximum atomic E-state index is 10.1. The Hall–Kier alpha value is -0.0400. The van der Waals surface area contributed by atoms with Crippen molar-refractivity contribution in [2.24, 2.45) is 17.8 Å². The summed E-state index contributed by atoms with van der Waals surface area (Å²) in [7, 11) is 0. The summed E-state index contributed by atoms with van der Waals surface area (Å²) in [6.45, 7) is 0. The zero-order valence-electron chi connectivity index (χ0n) is 6.71. The van der Waals surface area contributed by atoms with Gasteiger partial charge < -0.3 is 5.11 Å². The average molecular weight is 150 g/mol. The number of rotatable bonds is 0. The Balaban J connectivity index is 1.94. The van der Waals surface area contributed by atoms with Crippen LogP contribution in [0.3, 0.4) is 0 Å². The Bertz CT molecular complexity index is 150. The first-order chi connectivity index (χ1) is 5.23. The number of hydrogen-bond acceptors (Lipinski definition) is 1. The van der Waals surface area contributed by atoms with Crippen LogP contribution in [0.1, 0.15) is 32.1 Å². The van der Waals surface area contributed by atoms with Gasteiger partial charge in [0.15, 0.2) is 0 Å². The van der Waals surface area contributed by atoms with Crippen molar-refractivity contribution >= 4 is 0 Å². The first-order valence-electron chi connectivity index (χ1n) is 4.72. The number of aliphatic hydroxyl groups is 1. The van der Waals surface area contributed by atoms with Crippen molar-refractivity contribution < 1.29 is 5.11 Å². The van der Waals surface area contributed by atoms with E-state index in [1.807, 2.05) is 0 Å². The molecule has 0 aromatic rings. The summed E-state index contributed by atoms with van der Waals surface area (Å²) in [4.78, 5) is 0. The van der Waals surface area contributed by atoms with E-state index >= 15 is 0 Å². The minimum Gasteiger partial charge on any atom is -0.390 e. The van der Waals surface area contributed by atoms with Gasteiger partial charge in [-0.25, -0.2) is 0 Å². The lowest BCUT2D eigenvalue weighted by molar-refractivity contribution is -0.102. The van der Waals surface area contributed by atoms with Crippen molar-refractivity contribution in [3.8, 4) is 0 Å². The molecular weight excluding hydrogens is 136 g/mol. The molecule has 4 rings (SSSR count). The molecule has 2 unspecified atom stereocenters. The minimum atomic E-state index is -0.262. The molecule has 11 heavy (non-hydrogen) atoms. The van der Waals surface area contributed by atoms with Gasteiger partial charge in [-0.1, -0.05) is 0 Å². The van der Waals surface area contributed by atoms with Gasteiger partial charge in [0, 0.05) is 0 Å². The molecule has 4 atom stereocenters. The van der Waals surface area contributed by atoms with Gasteiger partial charge >= 0.3 is 0 Å². The molecule has 4 aliphatic rings. The molecule has 1 heteroatoms. The van der Waals surface area contributed by atoms with Gasteiger partial charge in [-0.15, -0.1) is 0 Å². The van der Waals surface area contributed by atoms with Crippen molar-refractivity contribution in [1.29, 1.82) is 0 Å². The quantitative estimate of drug-likeness (QED) is 0.556. The molecule has 4 fully saturated rings. The maximum absolute atomic E-state index is 10.1. The van der Waals surface area contributed by atoms with Crippen LogP contribution in [-0.4, -0.2) is 10.7 Å². The molecule has 2 radical (unpaired) electrons. The van der Waals surface area contributed by atoms with E-state index in [4.69, 9.17) is 0 Å². The second kappa shape index (κ2) is 1.82. The van der Waals surface area contributed by atoms with Crippen LogP contribution in [0.15, 0.2) is 0 Å². The van der Waals surface area contributed by atoms with E-state index in [1.165, 1.54) is 12.8 Å². The minimum absolute atomic E-state index is 0.262. The van der Waals surface area contributed by atoms with E-state index in [9.17, 15) is 5.11 Å². The molecule has 0 amide bonds. The molecule has 4 bridgehead atoms. The highest BCUT2D eigenvalue weighted by atomic mass is 16.3. The van der Waals surface area contributed by atoms with Crippen molar-refractivity contribution in [1.82, 2.24) is 0 Å². The predicted molar refractivity (Wildman–Crippen MR) is 41.7 cm³/mol. The third-order valence-electron chi connectivity index (χ3n) is 3.63. The fourth-order valence-corrected chi connectivity index (χ4v) is 3.53. The van der Waals surface area contributed by atoms with Crippen LogP contribution in [0.25, 0.3) is 0 Å². The predicted octanol–water partition coefficient (Wildman–Crippen LogP) is 1.64. The molecule has 0 aromatic carbocycles. The summed E-state index contributed by atoms with van der Waals surface area (Å²) >= 11 is 0. The summed E-state index contributed by atoms with van der Waals surface area (Å²) < 4.78 is 0. The Morgan fingerprint density at radius 1 is 1.09 bits per heavy atom. The highest BCUT2D eigenvalue weighted by Gasteiger charge is 2.50. The molecule has 4 aliphatic carbocycles. The van der Waals surface area contributed by atoms with Crippen LogP contribution in [0, 0.1) is 24.2 Å². The Kier molecular flexibility index (Phi) is 1.07. The van der Waals surface area contributed by atoms with Crippen LogP contribution in [0.2, 0.25) is 0 Å². The van der Waals surface area contributed by atoms with Crippen LogP contribution in [-0.2, 0) is 0 Å². The standard InChI is InChI=1S/C10H14O/c11-10-4-7-1-8(5-10)3-9(2-7)6-10/h7-9,11H,1-2,4-6H2/t7?,8-,9+,10?. The smallest absolute Gasteiger partial charge is 0.0656 e. The SMILES string of the molecule is OC12CC3C[C@@H]([C][C@@H](C3)C1)C2. The van der Waals surface area contributed by atoms with Gasteiger partial charge in [0.25, 0.3) is 0 Å². The first-order valence-corrected chi connectivity index (χ1v) is 4.72. The molecule has 4 saturated carbocycles. The van der Waals surface area contributed by atoms with Gasteiger partial charge in [0.1, 0.15) is 0 Å². The monoisotopic (exact) mass is 150 g/mol. The fraction of sp³-hybridized carbons (Fsp3) is 0.900. The molecule has 1 N–H and O–H groups in total.